The van der Waals surface area contributed by atoms with Crippen LogP contribution in [-0.2, 0) is 13.0 Å². The molecule has 1 aromatic heterocycles. The molecule has 212 valence electrons. The molecule has 0 unspecified atom stereocenters. The Balaban J connectivity index is 1.30. The minimum Gasteiger partial charge on any atom is -0.493 e. The largest absolute Gasteiger partial charge is 0.493 e. The minimum atomic E-state index is -0.176. The van der Waals surface area contributed by atoms with Gasteiger partial charge in [0.05, 0.1) is 38.9 Å². The number of amides is 1. The number of methoxy groups -OCH3 is 3. The van der Waals surface area contributed by atoms with E-state index in [0.29, 0.717) is 36.0 Å². The molecule has 0 atom stereocenters. The maximum Gasteiger partial charge on any atom is 0.251 e. The molecule has 0 saturated heterocycles. The highest BCUT2D eigenvalue weighted by molar-refractivity contribution is 5.95. The number of aryl methyl sites for hydroxylation is 3. The van der Waals surface area contributed by atoms with Crippen LogP contribution in [0.5, 0.6) is 23.0 Å². The molecule has 4 aromatic rings. The lowest BCUT2D eigenvalue weighted by Crippen LogP contribution is -2.24. The van der Waals surface area contributed by atoms with E-state index in [0.717, 1.165) is 66.0 Å². The topological polar surface area (TPSA) is 83.8 Å². The Bertz CT molecular complexity index is 1400. The predicted molar refractivity (Wildman–Crippen MR) is 157 cm³/mol. The van der Waals surface area contributed by atoms with Crippen molar-refractivity contribution in [1.29, 1.82) is 0 Å². The number of carbonyl (C=O) groups excluding carboxylic acids is 1. The van der Waals surface area contributed by atoms with E-state index < -0.39 is 0 Å². The number of aromatic nitrogens is 2. The van der Waals surface area contributed by atoms with Gasteiger partial charge in [0, 0.05) is 18.5 Å². The van der Waals surface area contributed by atoms with Crippen LogP contribution in [0.1, 0.15) is 46.6 Å². The molecule has 0 aliphatic carbocycles. The highest BCUT2D eigenvalue weighted by atomic mass is 16.5. The minimum absolute atomic E-state index is 0.176. The van der Waals surface area contributed by atoms with Gasteiger partial charge in [0.1, 0.15) is 18.2 Å². The van der Waals surface area contributed by atoms with Crippen LogP contribution in [-0.4, -0.2) is 49.9 Å². The number of imidazole rings is 1. The molecular formula is C32H39N3O5. The number of hydrogen-bond donors (Lipinski definition) is 1. The van der Waals surface area contributed by atoms with Crippen molar-refractivity contribution in [2.75, 3.05) is 34.5 Å². The van der Waals surface area contributed by atoms with Gasteiger partial charge in [-0.25, -0.2) is 4.98 Å². The van der Waals surface area contributed by atoms with E-state index >= 15 is 0 Å². The zero-order valence-corrected chi connectivity index (χ0v) is 24.1. The second-order valence-corrected chi connectivity index (χ2v) is 9.72. The van der Waals surface area contributed by atoms with Crippen LogP contribution in [0.15, 0.2) is 54.6 Å². The lowest BCUT2D eigenvalue weighted by molar-refractivity contribution is 0.0952. The summed E-state index contributed by atoms with van der Waals surface area (Å²) in [6.45, 7) is 6.04. The lowest BCUT2D eigenvalue weighted by Gasteiger charge is -2.14. The van der Waals surface area contributed by atoms with E-state index in [1.165, 1.54) is 21.3 Å². The van der Waals surface area contributed by atoms with Crippen LogP contribution in [0, 0.1) is 13.8 Å². The summed E-state index contributed by atoms with van der Waals surface area (Å²) in [5.74, 6) is 3.22. The molecule has 0 radical (unpaired) electrons. The van der Waals surface area contributed by atoms with Crippen LogP contribution < -0.4 is 24.3 Å². The quantitative estimate of drug-likeness (QED) is 0.199. The summed E-state index contributed by atoms with van der Waals surface area (Å²) in [5, 5.41) is 2.99. The third kappa shape index (κ3) is 6.68. The fourth-order valence-electron chi connectivity index (χ4n) is 4.93. The van der Waals surface area contributed by atoms with Gasteiger partial charge in [0.2, 0.25) is 5.75 Å². The molecule has 40 heavy (non-hydrogen) atoms. The van der Waals surface area contributed by atoms with E-state index in [-0.39, 0.29) is 5.91 Å². The normalized spacial score (nSPS) is 10.9. The van der Waals surface area contributed by atoms with Crippen molar-refractivity contribution < 1.29 is 23.7 Å². The number of unbranched alkanes of at least 4 members (excludes halogenated alkanes) is 2. The molecule has 0 aliphatic heterocycles. The van der Waals surface area contributed by atoms with Crippen molar-refractivity contribution in [2.24, 2.45) is 0 Å². The first-order chi connectivity index (χ1) is 19.5. The van der Waals surface area contributed by atoms with Crippen LogP contribution in [0.4, 0.5) is 0 Å². The maximum atomic E-state index is 12.7. The first-order valence-electron chi connectivity index (χ1n) is 13.7. The molecule has 0 fully saturated rings. The second-order valence-electron chi connectivity index (χ2n) is 9.72. The standard InChI is InChI=1S/C32H39N3O5/c1-22-12-11-13-23(2)30(22)40-19-18-35-26-15-9-8-14-25(26)34-29(35)16-7-6-10-17-33-32(36)24-20-27(37-3)31(39-5)28(21-24)38-4/h8-9,11-15,20-21H,6-7,10,16-19H2,1-5H3,(H,33,36). The number of ether oxygens (including phenoxy) is 4. The summed E-state index contributed by atoms with van der Waals surface area (Å²) in [4.78, 5) is 17.6. The fourth-order valence-corrected chi connectivity index (χ4v) is 4.93. The number of nitrogens with zero attached hydrogens (tertiary/aromatic N) is 2. The summed E-state index contributed by atoms with van der Waals surface area (Å²) < 4.78 is 24.5. The van der Waals surface area contributed by atoms with Crippen LogP contribution >= 0.6 is 0 Å². The monoisotopic (exact) mass is 545 g/mol. The molecule has 0 saturated carbocycles. The highest BCUT2D eigenvalue weighted by Crippen LogP contribution is 2.38. The lowest BCUT2D eigenvalue weighted by atomic mass is 10.1. The van der Waals surface area contributed by atoms with Crippen molar-refractivity contribution in [3.05, 3.63) is 77.1 Å². The molecule has 4 rings (SSSR count). The number of fused-ring (bicyclic) bond motifs is 1. The number of benzene rings is 3. The summed E-state index contributed by atoms with van der Waals surface area (Å²) in [5.41, 5.74) is 4.88. The molecular weight excluding hydrogens is 506 g/mol. The van der Waals surface area contributed by atoms with Crippen LogP contribution in [0.2, 0.25) is 0 Å². The Hall–Kier alpha value is -4.20. The van der Waals surface area contributed by atoms with Crippen LogP contribution in [0.3, 0.4) is 0 Å². The van der Waals surface area contributed by atoms with E-state index in [4.69, 9.17) is 23.9 Å². The molecule has 8 nitrogen and oxygen atoms in total. The molecule has 1 N–H and O–H groups in total. The van der Waals surface area contributed by atoms with Crippen molar-refractivity contribution >= 4 is 16.9 Å². The van der Waals surface area contributed by atoms with Gasteiger partial charge in [-0.2, -0.15) is 0 Å². The third-order valence-corrected chi connectivity index (χ3v) is 6.99. The molecule has 0 spiro atoms. The SMILES string of the molecule is COc1cc(C(=O)NCCCCCc2nc3ccccc3n2CCOc2c(C)cccc2C)cc(OC)c1OC. The molecule has 3 aromatic carbocycles. The zero-order chi connectivity index (χ0) is 28.5. The fraction of sp³-hybridized carbons (Fsp3) is 0.375. The zero-order valence-electron chi connectivity index (χ0n) is 24.1. The van der Waals surface area contributed by atoms with Gasteiger partial charge >= 0.3 is 0 Å². The molecule has 0 aliphatic rings. The summed E-state index contributed by atoms with van der Waals surface area (Å²) in [6.07, 6.45) is 3.67. The summed E-state index contributed by atoms with van der Waals surface area (Å²) >= 11 is 0. The van der Waals surface area contributed by atoms with E-state index in [2.05, 4.69) is 54.1 Å². The molecule has 0 bridgehead atoms. The number of para-hydroxylation sites is 3. The van der Waals surface area contributed by atoms with Gasteiger partial charge in [-0.1, -0.05) is 36.8 Å². The van der Waals surface area contributed by atoms with Crippen molar-refractivity contribution in [1.82, 2.24) is 14.9 Å². The van der Waals surface area contributed by atoms with Gasteiger partial charge < -0.3 is 28.8 Å². The predicted octanol–water partition coefficient (Wildman–Crippen LogP) is 5.90. The first kappa shape index (κ1) is 28.8. The first-order valence-corrected chi connectivity index (χ1v) is 13.7. The Kier molecular flexibility index (Phi) is 9.89. The van der Waals surface area contributed by atoms with E-state index in [1.807, 2.05) is 12.1 Å². The van der Waals surface area contributed by atoms with Crippen molar-refractivity contribution in [3.8, 4) is 23.0 Å². The third-order valence-electron chi connectivity index (χ3n) is 6.99. The molecule has 8 heteroatoms. The Morgan fingerprint density at radius 1 is 0.850 bits per heavy atom. The Morgan fingerprint density at radius 2 is 1.55 bits per heavy atom. The average Bonchev–Trinajstić information content (AvgIpc) is 3.32. The number of nitrogens with one attached hydrogen (secondary N) is 1. The van der Waals surface area contributed by atoms with Gasteiger partial charge in [0.25, 0.3) is 5.91 Å². The van der Waals surface area contributed by atoms with Crippen molar-refractivity contribution in [3.63, 3.8) is 0 Å². The van der Waals surface area contributed by atoms with Crippen LogP contribution in [0.25, 0.3) is 11.0 Å². The summed E-state index contributed by atoms with van der Waals surface area (Å²) in [7, 11) is 4.60. The Labute approximate surface area is 236 Å². The Morgan fingerprint density at radius 3 is 2.23 bits per heavy atom. The second kappa shape index (κ2) is 13.7. The maximum absolute atomic E-state index is 12.7. The molecule has 1 amide bonds. The molecule has 1 heterocycles. The number of hydrogen-bond acceptors (Lipinski definition) is 6. The van der Waals surface area contributed by atoms with Gasteiger partial charge in [-0.3, -0.25) is 4.79 Å². The number of rotatable bonds is 14. The average molecular weight is 546 g/mol. The van der Waals surface area contributed by atoms with E-state index in [9.17, 15) is 4.79 Å². The van der Waals surface area contributed by atoms with E-state index in [1.54, 1.807) is 12.1 Å². The smallest absolute Gasteiger partial charge is 0.251 e. The number of carbonyl (C=O) groups is 1. The van der Waals surface area contributed by atoms with Gasteiger partial charge in [-0.15, -0.1) is 0 Å². The highest BCUT2D eigenvalue weighted by Gasteiger charge is 2.17. The van der Waals surface area contributed by atoms with Gasteiger partial charge in [0.15, 0.2) is 11.5 Å². The van der Waals surface area contributed by atoms with Crippen molar-refractivity contribution in [2.45, 2.75) is 46.1 Å². The van der Waals surface area contributed by atoms with Gasteiger partial charge in [-0.05, 0) is 62.1 Å². The summed E-state index contributed by atoms with van der Waals surface area (Å²) in [6, 6.07) is 17.8.